The Hall–Kier alpha value is -1.35. The Bertz CT molecular complexity index is 348. The molecular weight excluding hydrogens is 200 g/mol. The molecule has 1 atom stereocenters. The second-order valence-electron chi connectivity index (χ2n) is 4.08. The van der Waals surface area contributed by atoms with Gasteiger partial charge < -0.3 is 11.1 Å². The van der Waals surface area contributed by atoms with Crippen LogP contribution in [0.2, 0.25) is 0 Å². The Labute approximate surface area is 97.0 Å². The number of amides is 1. The molecule has 3 heteroatoms. The Kier molecular flexibility index (Phi) is 4.99. The van der Waals surface area contributed by atoms with Gasteiger partial charge in [0.1, 0.15) is 0 Å². The highest BCUT2D eigenvalue weighted by Gasteiger charge is 2.04. The topological polar surface area (TPSA) is 55.1 Å². The van der Waals surface area contributed by atoms with Crippen molar-refractivity contribution in [2.24, 2.45) is 5.73 Å². The lowest BCUT2D eigenvalue weighted by atomic mass is 10.0. The average molecular weight is 220 g/mol. The molecule has 0 spiro atoms. The molecule has 0 aliphatic heterocycles. The summed E-state index contributed by atoms with van der Waals surface area (Å²) < 4.78 is 0. The minimum atomic E-state index is -0.00912. The van der Waals surface area contributed by atoms with Crippen molar-refractivity contribution >= 4 is 5.91 Å². The summed E-state index contributed by atoms with van der Waals surface area (Å²) in [6, 6.07) is 7.92. The fourth-order valence-corrected chi connectivity index (χ4v) is 1.53. The average Bonchev–Trinajstić information content (AvgIpc) is 2.27. The molecule has 1 aromatic carbocycles. The summed E-state index contributed by atoms with van der Waals surface area (Å²) in [5, 5.41) is 2.79. The Morgan fingerprint density at radius 2 is 2.25 bits per heavy atom. The van der Waals surface area contributed by atoms with Crippen LogP contribution in [0.5, 0.6) is 0 Å². The fourth-order valence-electron chi connectivity index (χ4n) is 1.53. The van der Waals surface area contributed by atoms with Crippen molar-refractivity contribution in [2.75, 3.05) is 6.54 Å². The van der Waals surface area contributed by atoms with Crippen molar-refractivity contribution in [3.05, 3.63) is 35.4 Å². The predicted molar refractivity (Wildman–Crippen MR) is 66.4 cm³/mol. The van der Waals surface area contributed by atoms with E-state index in [0.717, 1.165) is 18.4 Å². The maximum absolute atomic E-state index is 11.6. The van der Waals surface area contributed by atoms with Crippen molar-refractivity contribution in [1.82, 2.24) is 5.32 Å². The minimum absolute atomic E-state index is 0.00912. The summed E-state index contributed by atoms with van der Waals surface area (Å²) in [7, 11) is 0. The van der Waals surface area contributed by atoms with E-state index in [2.05, 4.69) is 5.32 Å². The van der Waals surface area contributed by atoms with Gasteiger partial charge in [-0.3, -0.25) is 4.79 Å². The summed E-state index contributed by atoms with van der Waals surface area (Å²) in [5.74, 6) is -0.00912. The molecule has 1 rings (SSSR count). The molecule has 0 heterocycles. The third kappa shape index (κ3) is 4.03. The van der Waals surface area contributed by atoms with Crippen LogP contribution in [0, 0.1) is 0 Å². The first-order valence-electron chi connectivity index (χ1n) is 5.76. The van der Waals surface area contributed by atoms with Gasteiger partial charge in [0, 0.05) is 18.2 Å². The zero-order valence-corrected chi connectivity index (χ0v) is 9.99. The van der Waals surface area contributed by atoms with Gasteiger partial charge >= 0.3 is 0 Å². The van der Waals surface area contributed by atoms with E-state index >= 15 is 0 Å². The van der Waals surface area contributed by atoms with E-state index in [9.17, 15) is 4.79 Å². The summed E-state index contributed by atoms with van der Waals surface area (Å²) in [6.45, 7) is 4.56. The molecule has 1 aromatic rings. The molecule has 0 aliphatic rings. The first-order valence-corrected chi connectivity index (χ1v) is 5.76. The number of benzene rings is 1. The highest BCUT2D eigenvalue weighted by molar-refractivity contribution is 5.94. The maximum Gasteiger partial charge on any atom is 0.251 e. The Morgan fingerprint density at radius 3 is 2.88 bits per heavy atom. The number of nitrogens with two attached hydrogens (primary N) is 1. The number of hydrogen-bond donors (Lipinski definition) is 2. The SMILES string of the molecule is CCNC(=O)c1cccc(CC[C@H](C)N)c1. The van der Waals surface area contributed by atoms with Crippen LogP contribution >= 0.6 is 0 Å². The smallest absolute Gasteiger partial charge is 0.251 e. The molecule has 0 aromatic heterocycles. The van der Waals surface area contributed by atoms with Crippen molar-refractivity contribution < 1.29 is 4.79 Å². The molecule has 3 N–H and O–H groups in total. The maximum atomic E-state index is 11.6. The van der Waals surface area contributed by atoms with Crippen LogP contribution in [0.15, 0.2) is 24.3 Å². The normalized spacial score (nSPS) is 12.2. The van der Waals surface area contributed by atoms with E-state index in [-0.39, 0.29) is 11.9 Å². The number of carbonyl (C=O) groups excluding carboxylic acids is 1. The van der Waals surface area contributed by atoms with Crippen LogP contribution in [0.3, 0.4) is 0 Å². The lowest BCUT2D eigenvalue weighted by Crippen LogP contribution is -2.22. The molecule has 3 nitrogen and oxygen atoms in total. The predicted octanol–water partition coefficient (Wildman–Crippen LogP) is 1.72. The molecule has 1 amide bonds. The molecule has 0 radical (unpaired) electrons. The largest absolute Gasteiger partial charge is 0.352 e. The minimum Gasteiger partial charge on any atom is -0.352 e. The monoisotopic (exact) mass is 220 g/mol. The molecule has 88 valence electrons. The van der Waals surface area contributed by atoms with E-state index in [1.807, 2.05) is 38.1 Å². The lowest BCUT2D eigenvalue weighted by molar-refractivity contribution is 0.0955. The van der Waals surface area contributed by atoms with Crippen molar-refractivity contribution in [2.45, 2.75) is 32.7 Å². The second kappa shape index (κ2) is 6.28. The van der Waals surface area contributed by atoms with E-state index in [4.69, 9.17) is 5.73 Å². The van der Waals surface area contributed by atoms with Crippen LogP contribution in [0.4, 0.5) is 0 Å². The Morgan fingerprint density at radius 1 is 1.50 bits per heavy atom. The number of nitrogens with one attached hydrogen (secondary N) is 1. The van der Waals surface area contributed by atoms with Gasteiger partial charge in [-0.2, -0.15) is 0 Å². The standard InChI is InChI=1S/C13H20N2O/c1-3-15-13(16)12-6-4-5-11(9-12)8-7-10(2)14/h4-6,9-10H,3,7-8,14H2,1-2H3,(H,15,16)/t10-/m0/s1. The molecule has 0 fully saturated rings. The van der Waals surface area contributed by atoms with Gasteiger partial charge in [-0.1, -0.05) is 12.1 Å². The third-order valence-corrected chi connectivity index (χ3v) is 2.41. The lowest BCUT2D eigenvalue weighted by Gasteiger charge is -2.07. The second-order valence-corrected chi connectivity index (χ2v) is 4.08. The summed E-state index contributed by atoms with van der Waals surface area (Å²) >= 11 is 0. The summed E-state index contributed by atoms with van der Waals surface area (Å²) in [4.78, 5) is 11.6. The van der Waals surface area contributed by atoms with Gasteiger partial charge in [0.25, 0.3) is 5.91 Å². The van der Waals surface area contributed by atoms with Crippen LogP contribution in [0.25, 0.3) is 0 Å². The molecule has 0 saturated heterocycles. The molecule has 0 saturated carbocycles. The zero-order chi connectivity index (χ0) is 12.0. The van der Waals surface area contributed by atoms with E-state index in [1.54, 1.807) is 0 Å². The van der Waals surface area contributed by atoms with Crippen molar-refractivity contribution in [3.8, 4) is 0 Å². The first-order chi connectivity index (χ1) is 7.63. The summed E-state index contributed by atoms with van der Waals surface area (Å²) in [6.07, 6.45) is 1.86. The van der Waals surface area contributed by atoms with E-state index in [1.165, 1.54) is 5.56 Å². The van der Waals surface area contributed by atoms with Crippen molar-refractivity contribution in [3.63, 3.8) is 0 Å². The highest BCUT2D eigenvalue weighted by atomic mass is 16.1. The number of carbonyl (C=O) groups is 1. The van der Waals surface area contributed by atoms with Gasteiger partial charge in [0.15, 0.2) is 0 Å². The van der Waals surface area contributed by atoms with Gasteiger partial charge in [-0.05, 0) is 44.4 Å². The molecule has 0 aliphatic carbocycles. The van der Waals surface area contributed by atoms with Gasteiger partial charge in [0.2, 0.25) is 0 Å². The quantitative estimate of drug-likeness (QED) is 0.793. The number of hydrogen-bond acceptors (Lipinski definition) is 2. The number of aryl methyl sites for hydroxylation is 1. The van der Waals surface area contributed by atoms with Crippen LogP contribution in [-0.2, 0) is 6.42 Å². The first kappa shape index (κ1) is 12.7. The Balaban J connectivity index is 2.67. The highest BCUT2D eigenvalue weighted by Crippen LogP contribution is 2.08. The van der Waals surface area contributed by atoms with E-state index < -0.39 is 0 Å². The van der Waals surface area contributed by atoms with Crippen LogP contribution < -0.4 is 11.1 Å². The van der Waals surface area contributed by atoms with Gasteiger partial charge in [-0.15, -0.1) is 0 Å². The van der Waals surface area contributed by atoms with Gasteiger partial charge in [0.05, 0.1) is 0 Å². The van der Waals surface area contributed by atoms with Gasteiger partial charge in [-0.25, -0.2) is 0 Å². The molecule has 0 unspecified atom stereocenters. The molecule has 16 heavy (non-hydrogen) atoms. The van der Waals surface area contributed by atoms with Crippen molar-refractivity contribution in [1.29, 1.82) is 0 Å². The van der Waals surface area contributed by atoms with E-state index in [0.29, 0.717) is 6.54 Å². The number of rotatable bonds is 5. The third-order valence-electron chi connectivity index (χ3n) is 2.41. The molecular formula is C13H20N2O. The van der Waals surface area contributed by atoms with Crippen LogP contribution in [-0.4, -0.2) is 18.5 Å². The zero-order valence-electron chi connectivity index (χ0n) is 9.99. The summed E-state index contributed by atoms with van der Waals surface area (Å²) in [5.41, 5.74) is 7.60. The van der Waals surface area contributed by atoms with Crippen LogP contribution in [0.1, 0.15) is 36.2 Å². The molecule has 0 bridgehead atoms. The fraction of sp³-hybridized carbons (Fsp3) is 0.462.